The Hall–Kier alpha value is -3.39. The van der Waals surface area contributed by atoms with Crippen LogP contribution in [0.15, 0.2) is 48.5 Å². The summed E-state index contributed by atoms with van der Waals surface area (Å²) in [6.45, 7) is 0.429. The lowest BCUT2D eigenvalue weighted by atomic mass is 9.98. The number of carboxylic acids is 1. The fourth-order valence-corrected chi connectivity index (χ4v) is 5.16. The zero-order valence-electron chi connectivity index (χ0n) is 19.9. The van der Waals surface area contributed by atoms with Crippen molar-refractivity contribution in [2.24, 2.45) is 0 Å². The first-order valence-electron chi connectivity index (χ1n) is 12.1. The van der Waals surface area contributed by atoms with Crippen LogP contribution >= 0.6 is 0 Å². The smallest absolute Gasteiger partial charge is 0.407 e. The van der Waals surface area contributed by atoms with E-state index in [4.69, 9.17) is 14.6 Å². The van der Waals surface area contributed by atoms with E-state index in [1.807, 2.05) is 36.4 Å². The second kappa shape index (κ2) is 10.9. The molecule has 2 aliphatic rings. The Morgan fingerprint density at radius 1 is 1.03 bits per heavy atom. The van der Waals surface area contributed by atoms with Gasteiger partial charge in [0, 0.05) is 26.0 Å². The molecule has 0 heterocycles. The number of aliphatic carboxylic acids is 1. The summed E-state index contributed by atoms with van der Waals surface area (Å²) in [6.07, 6.45) is 2.73. The van der Waals surface area contributed by atoms with Crippen molar-refractivity contribution in [2.45, 2.75) is 56.1 Å². The number of hydrogen-bond acceptors (Lipinski definition) is 5. The van der Waals surface area contributed by atoms with Crippen LogP contribution in [0.3, 0.4) is 0 Å². The molecule has 8 heteroatoms. The lowest BCUT2D eigenvalue weighted by molar-refractivity contribution is -0.137. The van der Waals surface area contributed by atoms with Gasteiger partial charge in [-0.1, -0.05) is 61.4 Å². The van der Waals surface area contributed by atoms with E-state index in [1.165, 1.54) is 0 Å². The van der Waals surface area contributed by atoms with Gasteiger partial charge < -0.3 is 25.2 Å². The van der Waals surface area contributed by atoms with Crippen LogP contribution in [-0.4, -0.2) is 55.0 Å². The number of ether oxygens (including phenoxy) is 2. The topological polar surface area (TPSA) is 114 Å². The molecule has 0 spiro atoms. The second-order valence-corrected chi connectivity index (χ2v) is 9.27. The normalized spacial score (nSPS) is 16.7. The number of nitrogens with one attached hydrogen (secondary N) is 2. The first-order valence-corrected chi connectivity index (χ1v) is 12.1. The number of benzene rings is 2. The number of fused-ring (bicyclic) bond motifs is 3. The van der Waals surface area contributed by atoms with Crippen LogP contribution in [0.5, 0.6) is 0 Å². The number of carbonyl (C=O) groups is 3. The predicted molar refractivity (Wildman–Crippen MR) is 130 cm³/mol. The van der Waals surface area contributed by atoms with Gasteiger partial charge in [0.1, 0.15) is 12.6 Å². The number of rotatable bonds is 10. The Bertz CT molecular complexity index is 1030. The maximum atomic E-state index is 12.9. The average molecular weight is 481 g/mol. The molecule has 186 valence electrons. The Morgan fingerprint density at radius 3 is 2.20 bits per heavy atom. The molecular formula is C27H32N2O6. The number of carbonyl (C=O) groups excluding carboxylic acids is 2. The van der Waals surface area contributed by atoms with Gasteiger partial charge in [0.05, 0.1) is 5.60 Å². The van der Waals surface area contributed by atoms with Crippen LogP contribution in [0, 0.1) is 0 Å². The highest BCUT2D eigenvalue weighted by Crippen LogP contribution is 2.44. The number of methoxy groups -OCH3 is 1. The molecule has 0 bridgehead atoms. The van der Waals surface area contributed by atoms with E-state index in [-0.39, 0.29) is 25.4 Å². The predicted octanol–water partition coefficient (Wildman–Crippen LogP) is 3.83. The molecule has 4 rings (SSSR count). The largest absolute Gasteiger partial charge is 0.481 e. The molecule has 2 aliphatic carbocycles. The molecule has 1 fully saturated rings. The van der Waals surface area contributed by atoms with Crippen LogP contribution in [0.2, 0.25) is 0 Å². The van der Waals surface area contributed by atoms with Crippen molar-refractivity contribution in [2.75, 3.05) is 20.3 Å². The lowest BCUT2D eigenvalue weighted by Gasteiger charge is -2.28. The van der Waals surface area contributed by atoms with Crippen LogP contribution < -0.4 is 10.6 Å². The molecule has 2 aromatic carbocycles. The van der Waals surface area contributed by atoms with Gasteiger partial charge >= 0.3 is 12.1 Å². The monoisotopic (exact) mass is 480 g/mol. The van der Waals surface area contributed by atoms with E-state index in [1.54, 1.807) is 7.11 Å². The number of carboxylic acid groups (broad SMARTS) is 1. The summed E-state index contributed by atoms with van der Waals surface area (Å²) in [4.78, 5) is 36.7. The summed E-state index contributed by atoms with van der Waals surface area (Å²) >= 11 is 0. The third-order valence-electron chi connectivity index (χ3n) is 7.13. The zero-order valence-corrected chi connectivity index (χ0v) is 19.9. The Labute approximate surface area is 205 Å². The number of hydrogen-bond donors (Lipinski definition) is 3. The van der Waals surface area contributed by atoms with Crippen molar-refractivity contribution >= 4 is 18.0 Å². The molecule has 0 aromatic heterocycles. The minimum atomic E-state index is -1.04. The van der Waals surface area contributed by atoms with E-state index < -0.39 is 29.6 Å². The molecule has 2 amide bonds. The van der Waals surface area contributed by atoms with E-state index >= 15 is 0 Å². The maximum Gasteiger partial charge on any atom is 0.407 e. The standard InChI is InChI=1S/C27H32N2O6/c1-34-27(14-6-7-15-27)17-28-25(32)23(12-13-24(30)31)29-26(33)35-16-22-20-10-4-2-8-18(20)19-9-3-5-11-21(19)22/h2-5,8-11,22-23H,6-7,12-17H2,1H3,(H,28,32)(H,29,33)(H,30,31). The van der Waals surface area contributed by atoms with Gasteiger partial charge in [-0.3, -0.25) is 9.59 Å². The number of alkyl carbamates (subject to hydrolysis) is 1. The van der Waals surface area contributed by atoms with Gasteiger partial charge in [0.15, 0.2) is 0 Å². The molecule has 1 saturated carbocycles. The fraction of sp³-hybridized carbons (Fsp3) is 0.444. The van der Waals surface area contributed by atoms with E-state index in [9.17, 15) is 14.4 Å². The Balaban J connectivity index is 1.38. The van der Waals surface area contributed by atoms with Gasteiger partial charge in [0.25, 0.3) is 0 Å². The third kappa shape index (κ3) is 5.65. The third-order valence-corrected chi connectivity index (χ3v) is 7.13. The zero-order chi connectivity index (χ0) is 24.8. The second-order valence-electron chi connectivity index (χ2n) is 9.27. The van der Waals surface area contributed by atoms with Crippen LogP contribution in [0.25, 0.3) is 11.1 Å². The fourth-order valence-electron chi connectivity index (χ4n) is 5.16. The summed E-state index contributed by atoms with van der Waals surface area (Å²) < 4.78 is 11.2. The Kier molecular flexibility index (Phi) is 7.70. The molecule has 3 N–H and O–H groups in total. The molecule has 8 nitrogen and oxygen atoms in total. The van der Waals surface area contributed by atoms with Crippen molar-refractivity contribution in [1.82, 2.24) is 10.6 Å². The van der Waals surface area contributed by atoms with Crippen LogP contribution in [0.4, 0.5) is 4.79 Å². The first kappa shape index (κ1) is 24.7. The molecule has 35 heavy (non-hydrogen) atoms. The van der Waals surface area contributed by atoms with E-state index in [0.29, 0.717) is 6.54 Å². The molecule has 0 saturated heterocycles. The minimum Gasteiger partial charge on any atom is -0.481 e. The first-order chi connectivity index (χ1) is 16.9. The van der Waals surface area contributed by atoms with E-state index in [2.05, 4.69) is 22.8 Å². The van der Waals surface area contributed by atoms with Crippen molar-refractivity contribution in [3.63, 3.8) is 0 Å². The van der Waals surface area contributed by atoms with Gasteiger partial charge in [-0.25, -0.2) is 4.79 Å². The summed E-state index contributed by atoms with van der Waals surface area (Å²) in [5.41, 5.74) is 4.01. The Morgan fingerprint density at radius 2 is 1.63 bits per heavy atom. The maximum absolute atomic E-state index is 12.9. The molecule has 0 aliphatic heterocycles. The quantitative estimate of drug-likeness (QED) is 0.476. The molecule has 2 aromatic rings. The molecule has 0 radical (unpaired) electrons. The number of amides is 2. The highest BCUT2D eigenvalue weighted by molar-refractivity contribution is 5.86. The highest BCUT2D eigenvalue weighted by Gasteiger charge is 2.35. The van der Waals surface area contributed by atoms with Crippen molar-refractivity contribution in [3.8, 4) is 11.1 Å². The van der Waals surface area contributed by atoms with E-state index in [0.717, 1.165) is 47.9 Å². The highest BCUT2D eigenvalue weighted by atomic mass is 16.5. The SMILES string of the molecule is COC1(CNC(=O)C(CCC(=O)O)NC(=O)OCC2c3ccccc3-c3ccccc32)CCCC1. The summed E-state index contributed by atoms with van der Waals surface area (Å²) in [7, 11) is 1.63. The molecular weight excluding hydrogens is 448 g/mol. The van der Waals surface area contributed by atoms with Crippen molar-refractivity contribution in [3.05, 3.63) is 59.7 Å². The summed E-state index contributed by atoms with van der Waals surface area (Å²) in [5.74, 6) is -1.59. The summed E-state index contributed by atoms with van der Waals surface area (Å²) in [5, 5.41) is 14.5. The minimum absolute atomic E-state index is 0.0364. The van der Waals surface area contributed by atoms with Crippen molar-refractivity contribution in [1.29, 1.82) is 0 Å². The van der Waals surface area contributed by atoms with Crippen LogP contribution in [-0.2, 0) is 19.1 Å². The molecule has 1 unspecified atom stereocenters. The van der Waals surface area contributed by atoms with Gasteiger partial charge in [-0.2, -0.15) is 0 Å². The van der Waals surface area contributed by atoms with Gasteiger partial charge in [-0.15, -0.1) is 0 Å². The summed E-state index contributed by atoms with van der Waals surface area (Å²) in [6, 6.07) is 15.0. The van der Waals surface area contributed by atoms with Gasteiger partial charge in [0.2, 0.25) is 5.91 Å². The lowest BCUT2D eigenvalue weighted by Crippen LogP contribution is -2.51. The van der Waals surface area contributed by atoms with Crippen molar-refractivity contribution < 1.29 is 29.0 Å². The average Bonchev–Trinajstić information content (AvgIpc) is 3.47. The molecule has 1 atom stereocenters. The van der Waals surface area contributed by atoms with Gasteiger partial charge in [-0.05, 0) is 41.5 Å². The van der Waals surface area contributed by atoms with Crippen LogP contribution in [0.1, 0.15) is 55.6 Å².